The van der Waals surface area contributed by atoms with E-state index in [0.29, 0.717) is 17.2 Å². The second-order valence-corrected chi connectivity index (χ2v) is 7.94. The highest BCUT2D eigenvalue weighted by molar-refractivity contribution is 7.17. The first-order valence-electron chi connectivity index (χ1n) is 8.83. The fourth-order valence-corrected chi connectivity index (χ4v) is 4.34. The van der Waals surface area contributed by atoms with Gasteiger partial charge in [-0.3, -0.25) is 4.79 Å². The maximum atomic E-state index is 14.2. The molecule has 6 heteroatoms. The predicted molar refractivity (Wildman–Crippen MR) is 99.6 cm³/mol. The highest BCUT2D eigenvalue weighted by Gasteiger charge is 2.25. The van der Waals surface area contributed by atoms with Gasteiger partial charge in [0.15, 0.2) is 0 Å². The molecule has 1 aliphatic heterocycles. The molecule has 0 atom stereocenters. The first kappa shape index (κ1) is 17.2. The Morgan fingerprint density at radius 1 is 1.19 bits per heavy atom. The number of fused-ring (bicyclic) bond motifs is 1. The zero-order valence-electron chi connectivity index (χ0n) is 14.5. The van der Waals surface area contributed by atoms with E-state index in [0.717, 1.165) is 42.2 Å². The van der Waals surface area contributed by atoms with Crippen molar-refractivity contribution in [1.29, 1.82) is 0 Å². The van der Waals surface area contributed by atoms with Crippen molar-refractivity contribution >= 4 is 27.5 Å². The highest BCUT2D eigenvalue weighted by atomic mass is 32.1. The Hall–Kier alpha value is -2.21. The van der Waals surface area contributed by atoms with E-state index >= 15 is 0 Å². The molecule has 0 saturated carbocycles. The summed E-state index contributed by atoms with van der Waals surface area (Å²) < 4.78 is 30.2. The number of hydrogen-bond donors (Lipinski definition) is 0. The lowest BCUT2D eigenvalue weighted by molar-refractivity contribution is 0.0687. The van der Waals surface area contributed by atoms with Crippen LogP contribution < -0.4 is 0 Å². The quantitative estimate of drug-likeness (QED) is 0.640. The molecule has 4 rings (SSSR count). The van der Waals surface area contributed by atoms with Gasteiger partial charge in [0.1, 0.15) is 17.3 Å². The van der Waals surface area contributed by atoms with Crippen LogP contribution in [0, 0.1) is 17.6 Å². The molecule has 0 spiro atoms. The first-order chi connectivity index (χ1) is 12.5. The van der Waals surface area contributed by atoms with Crippen LogP contribution in [0.3, 0.4) is 0 Å². The van der Waals surface area contributed by atoms with E-state index in [4.69, 9.17) is 0 Å². The number of carbonyl (C=O) groups is 1. The maximum absolute atomic E-state index is 14.2. The van der Waals surface area contributed by atoms with Crippen molar-refractivity contribution in [2.24, 2.45) is 5.92 Å². The Morgan fingerprint density at radius 2 is 1.96 bits per heavy atom. The van der Waals surface area contributed by atoms with Crippen molar-refractivity contribution < 1.29 is 13.6 Å². The highest BCUT2D eigenvalue weighted by Crippen LogP contribution is 2.28. The number of benzene rings is 1. The Labute approximate surface area is 154 Å². The molecule has 1 aliphatic rings. The van der Waals surface area contributed by atoms with Crippen molar-refractivity contribution in [2.45, 2.75) is 26.3 Å². The zero-order valence-corrected chi connectivity index (χ0v) is 15.4. The number of hydrogen-bond acceptors (Lipinski definition) is 2. The van der Waals surface area contributed by atoms with Crippen molar-refractivity contribution in [3.05, 3.63) is 58.6 Å². The second-order valence-electron chi connectivity index (χ2n) is 7.00. The van der Waals surface area contributed by atoms with Crippen LogP contribution in [0.5, 0.6) is 0 Å². The summed E-state index contributed by atoms with van der Waals surface area (Å²) in [6, 6.07) is 7.41. The fourth-order valence-electron chi connectivity index (χ4n) is 3.52. The van der Waals surface area contributed by atoms with Crippen LogP contribution in [0.2, 0.25) is 0 Å². The zero-order chi connectivity index (χ0) is 18.3. The van der Waals surface area contributed by atoms with Gasteiger partial charge in [0.05, 0.1) is 16.8 Å². The van der Waals surface area contributed by atoms with Crippen LogP contribution in [0.25, 0.3) is 10.2 Å². The number of nitrogens with zero attached hydrogens (tertiary/aromatic N) is 2. The molecule has 136 valence electrons. The molecule has 2 aromatic heterocycles. The largest absolute Gasteiger partial charge is 0.337 e. The van der Waals surface area contributed by atoms with E-state index in [1.165, 1.54) is 12.1 Å². The van der Waals surface area contributed by atoms with Crippen LogP contribution >= 0.6 is 11.3 Å². The lowest BCUT2D eigenvalue weighted by atomic mass is 9.99. The van der Waals surface area contributed by atoms with Gasteiger partial charge < -0.3 is 9.47 Å². The molecule has 26 heavy (non-hydrogen) atoms. The van der Waals surface area contributed by atoms with Gasteiger partial charge >= 0.3 is 0 Å². The van der Waals surface area contributed by atoms with Crippen molar-refractivity contribution in [2.75, 3.05) is 13.1 Å². The molecule has 0 radical (unpaired) electrons. The summed E-state index contributed by atoms with van der Waals surface area (Å²) in [5, 5.41) is 1.96. The summed E-state index contributed by atoms with van der Waals surface area (Å²) in [6.07, 6.45) is 2.01. The fraction of sp³-hybridized carbons (Fsp3) is 0.350. The van der Waals surface area contributed by atoms with E-state index in [1.54, 1.807) is 11.3 Å². The molecule has 0 N–H and O–H groups in total. The van der Waals surface area contributed by atoms with Gasteiger partial charge in [0, 0.05) is 24.7 Å². The topological polar surface area (TPSA) is 25.2 Å². The van der Waals surface area contributed by atoms with Gasteiger partial charge in [-0.15, -0.1) is 11.3 Å². The average Bonchev–Trinajstić information content (AvgIpc) is 3.19. The predicted octanol–water partition coefficient (Wildman–Crippen LogP) is 4.90. The number of halogens is 2. The Bertz CT molecular complexity index is 954. The monoisotopic (exact) mass is 374 g/mol. The van der Waals surface area contributed by atoms with E-state index in [1.807, 2.05) is 27.0 Å². The maximum Gasteiger partial charge on any atom is 0.270 e. The van der Waals surface area contributed by atoms with Crippen molar-refractivity contribution in [3.63, 3.8) is 0 Å². The molecule has 1 amide bonds. The molecule has 1 saturated heterocycles. The number of likely N-dealkylation sites (tertiary alicyclic amines) is 1. The third-order valence-corrected chi connectivity index (χ3v) is 6.01. The number of piperidine rings is 1. The summed E-state index contributed by atoms with van der Waals surface area (Å²) in [7, 11) is 0. The summed E-state index contributed by atoms with van der Waals surface area (Å²) in [5.74, 6) is -0.559. The number of amides is 1. The van der Waals surface area contributed by atoms with Crippen molar-refractivity contribution in [1.82, 2.24) is 9.47 Å². The van der Waals surface area contributed by atoms with E-state index in [2.05, 4.69) is 6.92 Å². The van der Waals surface area contributed by atoms with Crippen LogP contribution in [0.4, 0.5) is 8.78 Å². The molecule has 0 aliphatic carbocycles. The summed E-state index contributed by atoms with van der Waals surface area (Å²) in [5.41, 5.74) is 1.86. The Morgan fingerprint density at radius 3 is 2.69 bits per heavy atom. The average molecular weight is 374 g/mol. The second kappa shape index (κ2) is 6.83. The SMILES string of the molecule is CC1CCN(C(=O)c2cc3sccc3n2Cc2ccc(F)cc2F)CC1. The lowest BCUT2D eigenvalue weighted by Gasteiger charge is -2.30. The van der Waals surface area contributed by atoms with Gasteiger partial charge in [0.2, 0.25) is 0 Å². The summed E-state index contributed by atoms with van der Waals surface area (Å²) in [4.78, 5) is 15.0. The van der Waals surface area contributed by atoms with Crippen LogP contribution in [0.1, 0.15) is 35.8 Å². The molecule has 3 aromatic rings. The van der Waals surface area contributed by atoms with Crippen LogP contribution in [-0.4, -0.2) is 28.5 Å². The molecular weight excluding hydrogens is 354 g/mol. The molecule has 0 bridgehead atoms. The van der Waals surface area contributed by atoms with Gasteiger partial charge in [-0.25, -0.2) is 8.78 Å². The Balaban J connectivity index is 1.70. The molecule has 1 aromatic carbocycles. The summed E-state index contributed by atoms with van der Waals surface area (Å²) >= 11 is 1.56. The van der Waals surface area contributed by atoms with Gasteiger partial charge in [-0.2, -0.15) is 0 Å². The number of rotatable bonds is 3. The number of carbonyl (C=O) groups excluding carboxylic acids is 1. The summed E-state index contributed by atoms with van der Waals surface area (Å²) in [6.45, 7) is 3.92. The van der Waals surface area contributed by atoms with E-state index < -0.39 is 11.6 Å². The Kier molecular flexibility index (Phi) is 4.53. The van der Waals surface area contributed by atoms with E-state index in [9.17, 15) is 13.6 Å². The van der Waals surface area contributed by atoms with Gasteiger partial charge in [0.25, 0.3) is 5.91 Å². The van der Waals surface area contributed by atoms with E-state index in [-0.39, 0.29) is 12.5 Å². The van der Waals surface area contributed by atoms with Crippen molar-refractivity contribution in [3.8, 4) is 0 Å². The lowest BCUT2D eigenvalue weighted by Crippen LogP contribution is -2.38. The minimum absolute atomic E-state index is 0.0113. The third kappa shape index (κ3) is 3.14. The number of thiophene rings is 1. The third-order valence-electron chi connectivity index (χ3n) is 5.16. The van der Waals surface area contributed by atoms with Crippen LogP contribution in [-0.2, 0) is 6.54 Å². The standard InChI is InChI=1S/C20H20F2N2OS/c1-13-4-7-23(8-5-13)20(25)18-11-19-17(6-9-26-19)24(18)12-14-2-3-15(21)10-16(14)22/h2-3,6,9-11,13H,4-5,7-8,12H2,1H3. The molecule has 3 nitrogen and oxygen atoms in total. The number of aromatic nitrogens is 1. The molecule has 1 fully saturated rings. The normalized spacial score (nSPS) is 15.7. The first-order valence-corrected chi connectivity index (χ1v) is 9.71. The molecule has 0 unspecified atom stereocenters. The van der Waals surface area contributed by atoms with Gasteiger partial charge in [-0.05, 0) is 42.3 Å². The van der Waals surface area contributed by atoms with Gasteiger partial charge in [-0.1, -0.05) is 13.0 Å². The minimum Gasteiger partial charge on any atom is -0.337 e. The minimum atomic E-state index is -0.599. The smallest absolute Gasteiger partial charge is 0.270 e. The molecule has 3 heterocycles. The molecular formula is C20H20F2N2OS. The van der Waals surface area contributed by atoms with Crippen LogP contribution in [0.15, 0.2) is 35.7 Å².